The summed E-state index contributed by atoms with van der Waals surface area (Å²) in [5.41, 5.74) is 2.49. The number of carbonyl (C=O) groups is 1. The molecule has 0 aliphatic carbocycles. The van der Waals surface area contributed by atoms with Gasteiger partial charge in [-0.05, 0) is 40.7 Å². The van der Waals surface area contributed by atoms with Gasteiger partial charge in [0.1, 0.15) is 11.5 Å². The Hall–Kier alpha value is -1.84. The number of hydrogen-bond acceptors (Lipinski definition) is 5. The molecule has 1 aliphatic heterocycles. The van der Waals surface area contributed by atoms with Gasteiger partial charge in [-0.15, -0.1) is 11.8 Å². The Morgan fingerprint density at radius 1 is 1.20 bits per heavy atom. The zero-order valence-corrected chi connectivity index (χ0v) is 23.0. The topological polar surface area (TPSA) is 63.2 Å². The lowest BCUT2D eigenvalue weighted by atomic mass is 10.0. The first kappa shape index (κ1) is 26.2. The Morgan fingerprint density at radius 3 is 2.54 bits per heavy atom. The first-order valence-electron chi connectivity index (χ1n) is 10.8. The van der Waals surface area contributed by atoms with E-state index in [1.165, 1.54) is 13.2 Å². The van der Waals surface area contributed by atoms with Gasteiger partial charge < -0.3 is 15.4 Å². The number of halogens is 4. The van der Waals surface area contributed by atoms with Crippen molar-refractivity contribution in [1.29, 1.82) is 0 Å². The third kappa shape index (κ3) is 5.47. The molecule has 0 bridgehead atoms. The second kappa shape index (κ2) is 11.0. The van der Waals surface area contributed by atoms with Crippen LogP contribution >= 0.6 is 50.9 Å². The maximum Gasteiger partial charge on any atom is 0.221 e. The summed E-state index contributed by atoms with van der Waals surface area (Å²) < 4.78 is 21.5. The fourth-order valence-corrected chi connectivity index (χ4v) is 5.77. The minimum Gasteiger partial charge on any atom is -0.481 e. The number of hydrogen-bond donors (Lipinski definition) is 2. The number of thioether (sulfide) groups is 1. The van der Waals surface area contributed by atoms with Crippen LogP contribution in [0, 0.1) is 5.82 Å². The normalized spacial score (nSPS) is 17.5. The third-order valence-electron chi connectivity index (χ3n) is 5.94. The molecule has 0 spiro atoms. The second-order valence-electron chi connectivity index (χ2n) is 8.11. The predicted molar refractivity (Wildman–Crippen MR) is 145 cm³/mol. The molecule has 1 aromatic heterocycles. The van der Waals surface area contributed by atoms with Gasteiger partial charge in [0.15, 0.2) is 0 Å². The highest BCUT2D eigenvalue weighted by atomic mass is 79.9. The molecule has 10 heteroatoms. The molecule has 2 heterocycles. The predicted octanol–water partition coefficient (Wildman–Crippen LogP) is 6.69. The molecule has 0 radical (unpaired) electrons. The molecule has 5 nitrogen and oxygen atoms in total. The van der Waals surface area contributed by atoms with Crippen LogP contribution in [0.25, 0.3) is 22.4 Å². The molecule has 1 fully saturated rings. The van der Waals surface area contributed by atoms with E-state index in [2.05, 4.69) is 31.5 Å². The van der Waals surface area contributed by atoms with Crippen molar-refractivity contribution >= 4 is 56.8 Å². The maximum absolute atomic E-state index is 15.3. The highest BCUT2D eigenvalue weighted by Gasteiger charge is 2.36. The Labute approximate surface area is 226 Å². The van der Waals surface area contributed by atoms with Crippen LogP contribution in [-0.2, 0) is 11.3 Å². The number of amides is 1. The van der Waals surface area contributed by atoms with Crippen LogP contribution in [0.3, 0.4) is 0 Å². The highest BCUT2D eigenvalue weighted by molar-refractivity contribution is 9.10. The molecule has 4 rings (SSSR count). The lowest BCUT2D eigenvalue weighted by Crippen LogP contribution is -2.46. The smallest absolute Gasteiger partial charge is 0.221 e. The number of carbonyl (C=O) groups excluding carboxylic acids is 1. The zero-order chi connectivity index (χ0) is 25.2. The largest absolute Gasteiger partial charge is 0.481 e. The number of aromatic nitrogens is 1. The maximum atomic E-state index is 15.3. The summed E-state index contributed by atoms with van der Waals surface area (Å²) in [6.07, 6.45) is 3.20. The van der Waals surface area contributed by atoms with E-state index in [1.54, 1.807) is 23.9 Å². The standard InChI is InChI=1S/C25H23BrCl2FN3O2S/c1-34-24-14(12-30-13-25(35-2)10-9-20(33)32-25)11-19(29)23(31-24)17-7-3-5-15(21(17)27)16-6-4-8-18(26)22(16)28/h3-8,11,30H,9-10,12-13H2,1-2H3,(H,32,33)/t25-/m1/s1. The SMILES string of the molecule is COc1nc(-c2cccc(-c3cccc(Br)c3Cl)c2Cl)c(F)cc1CNC[C@]1(SC)CCC(=O)N1. The summed E-state index contributed by atoms with van der Waals surface area (Å²) in [5, 5.41) is 7.18. The molecule has 2 aromatic carbocycles. The van der Waals surface area contributed by atoms with Crippen molar-refractivity contribution in [1.82, 2.24) is 15.6 Å². The number of nitrogens with one attached hydrogen (secondary N) is 2. The summed E-state index contributed by atoms with van der Waals surface area (Å²) in [5.74, 6) is -0.181. The van der Waals surface area contributed by atoms with E-state index >= 15 is 4.39 Å². The number of pyridine rings is 1. The summed E-state index contributed by atoms with van der Waals surface area (Å²) in [7, 11) is 1.49. The van der Waals surface area contributed by atoms with Crippen molar-refractivity contribution in [2.75, 3.05) is 19.9 Å². The molecule has 1 saturated heterocycles. The van der Waals surface area contributed by atoms with Crippen molar-refractivity contribution < 1.29 is 13.9 Å². The van der Waals surface area contributed by atoms with Gasteiger partial charge in [0.05, 0.1) is 22.0 Å². The third-order valence-corrected chi connectivity index (χ3v) is 8.88. The Bertz CT molecular complexity index is 1280. The Balaban J connectivity index is 1.62. The van der Waals surface area contributed by atoms with Gasteiger partial charge in [-0.2, -0.15) is 0 Å². The summed E-state index contributed by atoms with van der Waals surface area (Å²) in [6.45, 7) is 0.862. The van der Waals surface area contributed by atoms with Crippen LogP contribution in [0.5, 0.6) is 5.88 Å². The lowest BCUT2D eigenvalue weighted by molar-refractivity contribution is -0.119. The van der Waals surface area contributed by atoms with Crippen LogP contribution in [0.4, 0.5) is 4.39 Å². The first-order valence-corrected chi connectivity index (χ1v) is 13.6. The minimum atomic E-state index is -0.518. The zero-order valence-electron chi connectivity index (χ0n) is 19.1. The quantitative estimate of drug-likeness (QED) is 0.302. The van der Waals surface area contributed by atoms with Crippen LogP contribution in [0.15, 0.2) is 46.9 Å². The van der Waals surface area contributed by atoms with Crippen molar-refractivity contribution in [3.8, 4) is 28.3 Å². The van der Waals surface area contributed by atoms with E-state index in [0.717, 1.165) is 16.5 Å². The summed E-state index contributed by atoms with van der Waals surface area (Å²) in [4.78, 5) is 15.8. The number of nitrogens with zero attached hydrogens (tertiary/aromatic N) is 1. The molecule has 0 saturated carbocycles. The van der Waals surface area contributed by atoms with E-state index in [4.69, 9.17) is 27.9 Å². The molecule has 1 atom stereocenters. The van der Waals surface area contributed by atoms with Crippen molar-refractivity contribution in [3.63, 3.8) is 0 Å². The molecule has 184 valence electrons. The van der Waals surface area contributed by atoms with Crippen molar-refractivity contribution in [3.05, 3.63) is 68.4 Å². The van der Waals surface area contributed by atoms with Gasteiger partial charge in [0.2, 0.25) is 11.8 Å². The molecule has 0 unspecified atom stereocenters. The minimum absolute atomic E-state index is 0.0408. The highest BCUT2D eigenvalue weighted by Crippen LogP contribution is 2.41. The molecular formula is C25H23BrCl2FN3O2S. The fourth-order valence-electron chi connectivity index (χ4n) is 4.09. The molecule has 1 aliphatic rings. The van der Waals surface area contributed by atoms with Gasteiger partial charge in [0, 0.05) is 46.2 Å². The van der Waals surface area contributed by atoms with Gasteiger partial charge in [-0.3, -0.25) is 4.79 Å². The van der Waals surface area contributed by atoms with E-state index in [0.29, 0.717) is 52.1 Å². The molecule has 3 aromatic rings. The van der Waals surface area contributed by atoms with Crippen LogP contribution in [-0.4, -0.2) is 35.7 Å². The summed E-state index contributed by atoms with van der Waals surface area (Å²) >= 11 is 18.2. The lowest BCUT2D eigenvalue weighted by Gasteiger charge is -2.27. The molecule has 2 N–H and O–H groups in total. The van der Waals surface area contributed by atoms with Gasteiger partial charge in [0.25, 0.3) is 0 Å². The van der Waals surface area contributed by atoms with Crippen molar-refractivity contribution in [2.24, 2.45) is 0 Å². The monoisotopic (exact) mass is 597 g/mol. The van der Waals surface area contributed by atoms with Gasteiger partial charge >= 0.3 is 0 Å². The Morgan fingerprint density at radius 2 is 1.89 bits per heavy atom. The molecule has 1 amide bonds. The first-order chi connectivity index (χ1) is 16.8. The Kier molecular flexibility index (Phi) is 8.28. The number of benzene rings is 2. The summed E-state index contributed by atoms with van der Waals surface area (Å²) in [6, 6.07) is 12.3. The number of rotatable bonds is 8. The van der Waals surface area contributed by atoms with Gasteiger partial charge in [-0.1, -0.05) is 53.5 Å². The van der Waals surface area contributed by atoms with Crippen molar-refractivity contribution in [2.45, 2.75) is 24.3 Å². The number of methoxy groups -OCH3 is 1. The van der Waals surface area contributed by atoms with Crippen LogP contribution < -0.4 is 15.4 Å². The van der Waals surface area contributed by atoms with E-state index in [1.807, 2.05) is 30.5 Å². The number of ether oxygens (including phenoxy) is 1. The van der Waals surface area contributed by atoms with Gasteiger partial charge in [-0.25, -0.2) is 9.37 Å². The van der Waals surface area contributed by atoms with E-state index < -0.39 is 5.82 Å². The van der Waals surface area contributed by atoms with E-state index in [9.17, 15) is 4.79 Å². The van der Waals surface area contributed by atoms with Crippen LogP contribution in [0.2, 0.25) is 10.0 Å². The van der Waals surface area contributed by atoms with Crippen LogP contribution in [0.1, 0.15) is 18.4 Å². The average molecular weight is 599 g/mol. The fraction of sp³-hybridized carbons (Fsp3) is 0.280. The second-order valence-corrected chi connectivity index (χ2v) is 10.9. The molecular weight excluding hydrogens is 576 g/mol. The molecule has 35 heavy (non-hydrogen) atoms. The van der Waals surface area contributed by atoms with E-state index in [-0.39, 0.29) is 16.5 Å². The average Bonchev–Trinajstić information content (AvgIpc) is 3.23.